The van der Waals surface area contributed by atoms with E-state index in [1.165, 1.54) is 0 Å². The number of furan rings is 1. The second kappa shape index (κ2) is 4.84. The number of carbonyl (C=O) groups is 1. The van der Waals surface area contributed by atoms with Gasteiger partial charge in [-0.15, -0.1) is 0 Å². The minimum absolute atomic E-state index is 0.197. The largest absolute Gasteiger partial charge is 0.480 e. The average Bonchev–Trinajstić information content (AvgIpc) is 2.78. The van der Waals surface area contributed by atoms with Crippen LogP contribution in [-0.4, -0.2) is 17.1 Å². The van der Waals surface area contributed by atoms with Gasteiger partial charge in [-0.25, -0.2) is 0 Å². The third kappa shape index (κ3) is 2.73. The van der Waals surface area contributed by atoms with Gasteiger partial charge in [-0.1, -0.05) is 30.3 Å². The molecule has 4 nitrogen and oxygen atoms in total. The number of nitrogens with two attached hydrogens (primary N) is 1. The first kappa shape index (κ1) is 11.4. The maximum Gasteiger partial charge on any atom is 0.320 e. The molecular formula is C13H13NO3. The van der Waals surface area contributed by atoms with Crippen molar-refractivity contribution < 1.29 is 14.3 Å². The van der Waals surface area contributed by atoms with Crippen molar-refractivity contribution in [2.45, 2.75) is 12.5 Å². The quantitative estimate of drug-likeness (QED) is 0.842. The van der Waals surface area contributed by atoms with Crippen LogP contribution in [0.4, 0.5) is 0 Å². The molecule has 1 aromatic carbocycles. The van der Waals surface area contributed by atoms with Crippen LogP contribution in [-0.2, 0) is 11.2 Å². The van der Waals surface area contributed by atoms with E-state index in [9.17, 15) is 4.79 Å². The molecule has 1 heterocycles. The lowest BCUT2D eigenvalue weighted by atomic mass is 10.2. The minimum atomic E-state index is -1.03. The van der Waals surface area contributed by atoms with E-state index in [0.717, 1.165) is 11.3 Å². The summed E-state index contributed by atoms with van der Waals surface area (Å²) in [5, 5.41) is 8.70. The molecule has 0 aliphatic carbocycles. The van der Waals surface area contributed by atoms with Crippen molar-refractivity contribution in [3.05, 3.63) is 48.2 Å². The Hall–Kier alpha value is -2.07. The Bertz CT molecular complexity index is 504. The standard InChI is InChI=1S/C13H13NO3/c14-11(13(15)16)8-10-6-7-12(17-10)9-4-2-1-3-5-9/h1-7,11H,8,14H2,(H,15,16). The molecule has 1 atom stereocenters. The summed E-state index contributed by atoms with van der Waals surface area (Å²) in [6.45, 7) is 0. The molecule has 1 aromatic heterocycles. The summed E-state index contributed by atoms with van der Waals surface area (Å²) in [6, 6.07) is 12.3. The first-order valence-corrected chi connectivity index (χ1v) is 5.29. The lowest BCUT2D eigenvalue weighted by Crippen LogP contribution is -2.32. The van der Waals surface area contributed by atoms with Crippen LogP contribution in [0, 0.1) is 0 Å². The first-order chi connectivity index (χ1) is 8.16. The van der Waals surface area contributed by atoms with Crippen LogP contribution in [0.25, 0.3) is 11.3 Å². The van der Waals surface area contributed by atoms with Crippen LogP contribution in [0.1, 0.15) is 5.76 Å². The predicted molar refractivity (Wildman–Crippen MR) is 63.5 cm³/mol. The average molecular weight is 231 g/mol. The summed E-state index contributed by atoms with van der Waals surface area (Å²) in [4.78, 5) is 10.6. The van der Waals surface area contributed by atoms with Crippen LogP contribution in [0.15, 0.2) is 46.9 Å². The highest BCUT2D eigenvalue weighted by Crippen LogP contribution is 2.22. The Morgan fingerprint density at radius 2 is 1.94 bits per heavy atom. The van der Waals surface area contributed by atoms with Crippen molar-refractivity contribution in [1.29, 1.82) is 0 Å². The van der Waals surface area contributed by atoms with Crippen LogP contribution in [0.5, 0.6) is 0 Å². The number of aliphatic carboxylic acids is 1. The smallest absolute Gasteiger partial charge is 0.320 e. The number of hydrogen-bond acceptors (Lipinski definition) is 3. The van der Waals surface area contributed by atoms with Crippen molar-refractivity contribution in [3.63, 3.8) is 0 Å². The lowest BCUT2D eigenvalue weighted by molar-refractivity contribution is -0.138. The number of carboxylic acids is 1. The second-order valence-corrected chi connectivity index (χ2v) is 3.78. The molecule has 4 heteroatoms. The molecule has 0 saturated heterocycles. The molecule has 2 aromatic rings. The van der Waals surface area contributed by atoms with Crippen molar-refractivity contribution in [2.75, 3.05) is 0 Å². The lowest BCUT2D eigenvalue weighted by Gasteiger charge is -2.02. The third-order valence-electron chi connectivity index (χ3n) is 2.46. The highest BCUT2D eigenvalue weighted by Gasteiger charge is 2.14. The Labute approximate surface area is 98.7 Å². The third-order valence-corrected chi connectivity index (χ3v) is 2.46. The van der Waals surface area contributed by atoms with Gasteiger partial charge in [0.2, 0.25) is 0 Å². The maximum absolute atomic E-state index is 10.6. The van der Waals surface area contributed by atoms with Gasteiger partial charge in [0.15, 0.2) is 0 Å². The van der Waals surface area contributed by atoms with E-state index in [-0.39, 0.29) is 6.42 Å². The van der Waals surface area contributed by atoms with Gasteiger partial charge in [-0.05, 0) is 12.1 Å². The molecule has 0 amide bonds. The van der Waals surface area contributed by atoms with Crippen molar-refractivity contribution in [2.24, 2.45) is 5.73 Å². The molecule has 2 rings (SSSR count). The van der Waals surface area contributed by atoms with Gasteiger partial charge in [-0.2, -0.15) is 0 Å². The highest BCUT2D eigenvalue weighted by molar-refractivity contribution is 5.73. The van der Waals surface area contributed by atoms with E-state index in [4.69, 9.17) is 15.3 Å². The number of benzene rings is 1. The monoisotopic (exact) mass is 231 g/mol. The summed E-state index contributed by atoms with van der Waals surface area (Å²) < 4.78 is 5.55. The van der Waals surface area contributed by atoms with E-state index in [1.54, 1.807) is 6.07 Å². The zero-order valence-electron chi connectivity index (χ0n) is 9.17. The van der Waals surface area contributed by atoms with Crippen molar-refractivity contribution >= 4 is 5.97 Å². The van der Waals surface area contributed by atoms with E-state index >= 15 is 0 Å². The number of carboxylic acid groups (broad SMARTS) is 1. The van der Waals surface area contributed by atoms with Crippen LogP contribution < -0.4 is 5.73 Å². The zero-order valence-corrected chi connectivity index (χ0v) is 9.17. The Morgan fingerprint density at radius 3 is 2.59 bits per heavy atom. The van der Waals surface area contributed by atoms with Gasteiger partial charge >= 0.3 is 5.97 Å². The first-order valence-electron chi connectivity index (χ1n) is 5.29. The molecular weight excluding hydrogens is 218 g/mol. The molecule has 0 aliphatic rings. The molecule has 0 bridgehead atoms. The topological polar surface area (TPSA) is 76.5 Å². The second-order valence-electron chi connectivity index (χ2n) is 3.78. The SMILES string of the molecule is NC(Cc1ccc(-c2ccccc2)o1)C(=O)O. The molecule has 0 saturated carbocycles. The van der Waals surface area contributed by atoms with Gasteiger partial charge < -0.3 is 15.3 Å². The minimum Gasteiger partial charge on any atom is -0.480 e. The summed E-state index contributed by atoms with van der Waals surface area (Å²) >= 11 is 0. The van der Waals surface area contributed by atoms with Crippen molar-refractivity contribution in [3.8, 4) is 11.3 Å². The van der Waals surface area contributed by atoms with E-state index in [0.29, 0.717) is 5.76 Å². The molecule has 0 fully saturated rings. The fraction of sp³-hybridized carbons (Fsp3) is 0.154. The predicted octanol–water partition coefficient (Wildman–Crippen LogP) is 1.90. The van der Waals surface area contributed by atoms with E-state index in [2.05, 4.69) is 0 Å². The number of hydrogen-bond donors (Lipinski definition) is 2. The van der Waals surface area contributed by atoms with Crippen LogP contribution >= 0.6 is 0 Å². The molecule has 0 spiro atoms. The Balaban J connectivity index is 2.14. The Kier molecular flexibility index (Phi) is 3.25. The van der Waals surface area contributed by atoms with E-state index in [1.807, 2.05) is 36.4 Å². The maximum atomic E-state index is 10.6. The summed E-state index contributed by atoms with van der Waals surface area (Å²) in [7, 11) is 0. The zero-order chi connectivity index (χ0) is 12.3. The highest BCUT2D eigenvalue weighted by atomic mass is 16.4. The molecule has 1 unspecified atom stereocenters. The van der Waals surface area contributed by atoms with Gasteiger partial charge in [0.05, 0.1) is 0 Å². The van der Waals surface area contributed by atoms with Crippen LogP contribution in [0.3, 0.4) is 0 Å². The fourth-order valence-corrected chi connectivity index (χ4v) is 1.55. The van der Waals surface area contributed by atoms with Gasteiger partial charge in [0.1, 0.15) is 17.6 Å². The molecule has 3 N–H and O–H groups in total. The molecule has 0 radical (unpaired) electrons. The van der Waals surface area contributed by atoms with E-state index < -0.39 is 12.0 Å². The summed E-state index contributed by atoms with van der Waals surface area (Å²) in [6.07, 6.45) is 0.197. The summed E-state index contributed by atoms with van der Waals surface area (Å²) in [5.74, 6) is 0.277. The van der Waals surface area contributed by atoms with Gasteiger partial charge in [0, 0.05) is 12.0 Å². The van der Waals surface area contributed by atoms with Gasteiger partial charge in [-0.3, -0.25) is 4.79 Å². The molecule has 0 aliphatic heterocycles. The van der Waals surface area contributed by atoms with Gasteiger partial charge in [0.25, 0.3) is 0 Å². The normalized spacial score (nSPS) is 12.3. The summed E-state index contributed by atoms with van der Waals surface area (Å²) in [5.41, 5.74) is 6.40. The molecule has 88 valence electrons. The van der Waals surface area contributed by atoms with Crippen LogP contribution in [0.2, 0.25) is 0 Å². The Morgan fingerprint density at radius 1 is 1.24 bits per heavy atom. The van der Waals surface area contributed by atoms with Crippen molar-refractivity contribution in [1.82, 2.24) is 0 Å². The fourth-order valence-electron chi connectivity index (χ4n) is 1.55. The molecule has 17 heavy (non-hydrogen) atoms. The number of rotatable bonds is 4.